The molecule has 2 N–H and O–H groups in total. The zero-order chi connectivity index (χ0) is 13.8. The van der Waals surface area contributed by atoms with Crippen LogP contribution < -0.4 is 5.32 Å². The van der Waals surface area contributed by atoms with Gasteiger partial charge in [-0.1, -0.05) is 28.1 Å². The van der Waals surface area contributed by atoms with Crippen molar-refractivity contribution in [3.05, 3.63) is 63.9 Å². The predicted molar refractivity (Wildman–Crippen MR) is 78.7 cm³/mol. The van der Waals surface area contributed by atoms with E-state index in [1.807, 2.05) is 25.1 Å². The van der Waals surface area contributed by atoms with E-state index in [2.05, 4.69) is 21.2 Å². The Balaban J connectivity index is 2.22. The number of nitrogens with one attached hydrogen (secondary N) is 1. The van der Waals surface area contributed by atoms with Crippen LogP contribution >= 0.6 is 15.9 Å². The average Bonchev–Trinajstić information content (AvgIpc) is 2.39. The first kappa shape index (κ1) is 14.0. The van der Waals surface area contributed by atoms with Crippen molar-refractivity contribution < 1.29 is 9.50 Å². The van der Waals surface area contributed by atoms with Gasteiger partial charge in [-0.2, -0.15) is 0 Å². The zero-order valence-electron chi connectivity index (χ0n) is 10.5. The fourth-order valence-corrected chi connectivity index (χ4v) is 2.65. The summed E-state index contributed by atoms with van der Waals surface area (Å²) in [5.74, 6) is -0.275. The van der Waals surface area contributed by atoms with Crippen LogP contribution in [0.15, 0.2) is 46.9 Å². The highest BCUT2D eigenvalue weighted by Crippen LogP contribution is 2.27. The van der Waals surface area contributed by atoms with Crippen LogP contribution in [0.2, 0.25) is 0 Å². The molecule has 4 heteroatoms. The van der Waals surface area contributed by atoms with Gasteiger partial charge in [0.25, 0.3) is 0 Å². The van der Waals surface area contributed by atoms with Crippen molar-refractivity contribution in [1.29, 1.82) is 0 Å². The number of anilines is 1. The van der Waals surface area contributed by atoms with Crippen LogP contribution in [0.5, 0.6) is 0 Å². The van der Waals surface area contributed by atoms with E-state index in [-0.39, 0.29) is 18.5 Å². The Morgan fingerprint density at radius 1 is 1.21 bits per heavy atom. The fourth-order valence-electron chi connectivity index (χ4n) is 1.88. The summed E-state index contributed by atoms with van der Waals surface area (Å²) in [4.78, 5) is 0. The molecule has 100 valence electrons. The lowest BCUT2D eigenvalue weighted by atomic mass is 10.1. The van der Waals surface area contributed by atoms with Gasteiger partial charge in [-0.25, -0.2) is 4.39 Å². The van der Waals surface area contributed by atoms with Crippen molar-refractivity contribution in [2.24, 2.45) is 0 Å². The number of hydrogen-bond donors (Lipinski definition) is 2. The van der Waals surface area contributed by atoms with Crippen LogP contribution in [0.1, 0.15) is 17.2 Å². The van der Waals surface area contributed by atoms with E-state index in [9.17, 15) is 9.50 Å². The molecule has 2 rings (SSSR count). The topological polar surface area (TPSA) is 32.3 Å². The van der Waals surface area contributed by atoms with Gasteiger partial charge in [-0.3, -0.25) is 0 Å². The molecular formula is C15H15BrFNO. The summed E-state index contributed by atoms with van der Waals surface area (Å²) in [5.41, 5.74) is 2.89. The molecular weight excluding hydrogens is 309 g/mol. The second-order valence-corrected chi connectivity index (χ2v) is 5.27. The van der Waals surface area contributed by atoms with E-state index in [0.29, 0.717) is 0 Å². The summed E-state index contributed by atoms with van der Waals surface area (Å²) in [7, 11) is 0. The molecule has 0 radical (unpaired) electrons. The van der Waals surface area contributed by atoms with Gasteiger partial charge in [-0.15, -0.1) is 0 Å². The number of hydrogen-bond acceptors (Lipinski definition) is 2. The number of aryl methyl sites for hydroxylation is 1. The summed E-state index contributed by atoms with van der Waals surface area (Å²) >= 11 is 3.50. The maximum Gasteiger partial charge on any atom is 0.123 e. The first-order valence-electron chi connectivity index (χ1n) is 5.99. The van der Waals surface area contributed by atoms with Gasteiger partial charge in [0.15, 0.2) is 0 Å². The minimum atomic E-state index is -0.275. The molecule has 0 amide bonds. The van der Waals surface area contributed by atoms with Gasteiger partial charge in [0.2, 0.25) is 0 Å². The lowest BCUT2D eigenvalue weighted by molar-refractivity contribution is 0.276. The molecule has 1 unspecified atom stereocenters. The second-order valence-electron chi connectivity index (χ2n) is 4.41. The zero-order valence-corrected chi connectivity index (χ0v) is 12.1. The highest BCUT2D eigenvalue weighted by molar-refractivity contribution is 9.10. The van der Waals surface area contributed by atoms with E-state index in [0.717, 1.165) is 21.3 Å². The van der Waals surface area contributed by atoms with Gasteiger partial charge >= 0.3 is 0 Å². The average molecular weight is 324 g/mol. The third-order valence-corrected chi connectivity index (χ3v) is 3.59. The number of rotatable bonds is 4. The smallest absolute Gasteiger partial charge is 0.123 e. The summed E-state index contributed by atoms with van der Waals surface area (Å²) in [6.45, 7) is 1.97. The van der Waals surface area contributed by atoms with Crippen molar-refractivity contribution in [3.8, 4) is 0 Å². The Morgan fingerprint density at radius 3 is 2.47 bits per heavy atom. The molecule has 0 aliphatic rings. The van der Waals surface area contributed by atoms with Crippen LogP contribution in [0.3, 0.4) is 0 Å². The second kappa shape index (κ2) is 6.17. The Kier molecular flexibility index (Phi) is 4.56. The van der Waals surface area contributed by atoms with Gasteiger partial charge in [-0.05, 0) is 48.4 Å². The van der Waals surface area contributed by atoms with Crippen LogP contribution in [0.25, 0.3) is 0 Å². The maximum absolute atomic E-state index is 12.9. The molecule has 0 aliphatic carbocycles. The van der Waals surface area contributed by atoms with Crippen molar-refractivity contribution in [3.63, 3.8) is 0 Å². The first-order chi connectivity index (χ1) is 9.10. The molecule has 0 aromatic heterocycles. The van der Waals surface area contributed by atoms with E-state index < -0.39 is 0 Å². The van der Waals surface area contributed by atoms with E-state index in [1.165, 1.54) is 12.1 Å². The van der Waals surface area contributed by atoms with Gasteiger partial charge in [0, 0.05) is 10.2 Å². The molecule has 0 saturated heterocycles. The number of benzene rings is 2. The van der Waals surface area contributed by atoms with E-state index in [4.69, 9.17) is 0 Å². The Labute approximate surface area is 120 Å². The van der Waals surface area contributed by atoms with Crippen LogP contribution in [-0.4, -0.2) is 11.7 Å². The lowest BCUT2D eigenvalue weighted by Gasteiger charge is -2.19. The summed E-state index contributed by atoms with van der Waals surface area (Å²) in [6, 6.07) is 11.8. The van der Waals surface area contributed by atoms with Crippen molar-refractivity contribution in [2.45, 2.75) is 13.0 Å². The monoisotopic (exact) mass is 323 g/mol. The summed E-state index contributed by atoms with van der Waals surface area (Å²) < 4.78 is 13.8. The van der Waals surface area contributed by atoms with E-state index >= 15 is 0 Å². The van der Waals surface area contributed by atoms with Crippen molar-refractivity contribution in [2.75, 3.05) is 11.9 Å². The van der Waals surface area contributed by atoms with Gasteiger partial charge < -0.3 is 10.4 Å². The molecule has 19 heavy (non-hydrogen) atoms. The molecule has 2 aromatic rings. The standard InChI is InChI=1S/C15H15BrFNO/c1-10-2-7-13(14(16)8-10)15(9-19)18-12-5-3-11(17)4-6-12/h2-8,15,18-19H,9H2,1H3. The Bertz CT molecular complexity index is 557. The highest BCUT2D eigenvalue weighted by atomic mass is 79.9. The number of aliphatic hydroxyl groups is 1. The highest BCUT2D eigenvalue weighted by Gasteiger charge is 2.13. The first-order valence-corrected chi connectivity index (χ1v) is 6.78. The predicted octanol–water partition coefficient (Wildman–Crippen LogP) is 4.04. The van der Waals surface area contributed by atoms with Crippen LogP contribution in [0.4, 0.5) is 10.1 Å². The number of halogens is 2. The van der Waals surface area contributed by atoms with Gasteiger partial charge in [0.05, 0.1) is 12.6 Å². The third kappa shape index (κ3) is 3.55. The molecule has 0 bridgehead atoms. The van der Waals surface area contributed by atoms with E-state index in [1.54, 1.807) is 12.1 Å². The summed E-state index contributed by atoms with van der Waals surface area (Å²) in [6.07, 6.45) is 0. The molecule has 1 atom stereocenters. The quantitative estimate of drug-likeness (QED) is 0.889. The van der Waals surface area contributed by atoms with Crippen LogP contribution in [-0.2, 0) is 0 Å². The molecule has 2 nitrogen and oxygen atoms in total. The minimum absolute atomic E-state index is 0.0426. The maximum atomic E-state index is 12.9. The van der Waals surface area contributed by atoms with Crippen molar-refractivity contribution in [1.82, 2.24) is 0 Å². The summed E-state index contributed by atoms with van der Waals surface area (Å²) in [5, 5.41) is 12.7. The number of aliphatic hydroxyl groups excluding tert-OH is 1. The molecule has 0 aliphatic heterocycles. The molecule has 0 saturated carbocycles. The lowest BCUT2D eigenvalue weighted by Crippen LogP contribution is -2.15. The Hall–Kier alpha value is -1.39. The van der Waals surface area contributed by atoms with Crippen molar-refractivity contribution >= 4 is 21.6 Å². The molecule has 2 aromatic carbocycles. The minimum Gasteiger partial charge on any atom is -0.394 e. The van der Waals surface area contributed by atoms with Gasteiger partial charge in [0.1, 0.15) is 5.82 Å². The fraction of sp³-hybridized carbons (Fsp3) is 0.200. The SMILES string of the molecule is Cc1ccc(C(CO)Nc2ccc(F)cc2)c(Br)c1. The third-order valence-electron chi connectivity index (χ3n) is 2.90. The normalized spacial score (nSPS) is 12.2. The molecule has 0 heterocycles. The van der Waals surface area contributed by atoms with Crippen LogP contribution in [0, 0.1) is 12.7 Å². The molecule has 0 spiro atoms. The largest absolute Gasteiger partial charge is 0.394 e. The Morgan fingerprint density at radius 2 is 1.89 bits per heavy atom. The molecule has 0 fully saturated rings.